The van der Waals surface area contributed by atoms with E-state index in [1.54, 1.807) is 21.1 Å². The van der Waals surface area contributed by atoms with Crippen LogP contribution in [-0.4, -0.2) is 75.5 Å². The van der Waals surface area contributed by atoms with Crippen LogP contribution in [0.15, 0.2) is 97.2 Å². The van der Waals surface area contributed by atoms with Gasteiger partial charge in [0.15, 0.2) is 6.10 Å². The third-order valence-electron chi connectivity index (χ3n) is 12.0. The van der Waals surface area contributed by atoms with Crippen molar-refractivity contribution >= 4 is 17.9 Å². The minimum absolute atomic E-state index is 0.0157. The highest BCUT2D eigenvalue weighted by molar-refractivity contribution is 5.70. The number of carboxylic acid groups (broad SMARTS) is 1. The zero-order valence-electron chi connectivity index (χ0n) is 44.9. The third-order valence-corrected chi connectivity index (χ3v) is 12.0. The average Bonchev–Trinajstić information content (AvgIpc) is 3.31. The van der Waals surface area contributed by atoms with Crippen molar-refractivity contribution < 1.29 is 38.2 Å². The fraction of sp³-hybridized carbons (Fsp3) is 0.689. The summed E-state index contributed by atoms with van der Waals surface area (Å²) in [4.78, 5) is 37.1. The number of quaternary nitrogens is 1. The van der Waals surface area contributed by atoms with Gasteiger partial charge in [0.25, 0.3) is 0 Å². The molecule has 2 atom stereocenters. The quantitative estimate of drug-likeness (QED) is 0.0259. The number of ether oxygens (including phenoxy) is 3. The number of allylic oxidation sites excluding steroid dienone is 16. The summed E-state index contributed by atoms with van der Waals surface area (Å²) in [7, 11) is 5.39. The van der Waals surface area contributed by atoms with Gasteiger partial charge in [0.2, 0.25) is 0 Å². The first-order chi connectivity index (χ1) is 33.6. The largest absolute Gasteiger partial charge is 0.544 e. The molecule has 0 amide bonds. The highest BCUT2D eigenvalue weighted by atomic mass is 16.6. The lowest BCUT2D eigenvalue weighted by molar-refractivity contribution is -0.889. The van der Waals surface area contributed by atoms with Gasteiger partial charge < -0.3 is 28.6 Å². The van der Waals surface area contributed by atoms with Gasteiger partial charge in [-0.25, -0.2) is 0 Å². The minimum atomic E-state index is -1.14. The maximum atomic E-state index is 12.8. The SMILES string of the molecule is CC/C=C/C/C=C/C/C=C/C/C=C/C/C=C/C/C=C/C/C=C/CCCC(=O)OCC(COCCC(C(=O)[O-])[N+](C)(C)C)OC(=O)CCCCCCCCC/C=C/CCCCCCCCCCCCC. The Balaban J connectivity index is 4.32. The molecule has 0 aromatic rings. The number of rotatable bonds is 49. The van der Waals surface area contributed by atoms with Gasteiger partial charge in [-0.2, -0.15) is 0 Å². The van der Waals surface area contributed by atoms with E-state index in [9.17, 15) is 19.5 Å². The predicted molar refractivity (Wildman–Crippen MR) is 291 cm³/mol. The van der Waals surface area contributed by atoms with Crippen LogP contribution in [0.5, 0.6) is 0 Å². The fourth-order valence-corrected chi connectivity index (χ4v) is 7.70. The highest BCUT2D eigenvalue weighted by Crippen LogP contribution is 2.15. The lowest BCUT2D eigenvalue weighted by atomic mass is 10.0. The number of hydrogen-bond donors (Lipinski definition) is 0. The molecule has 0 bridgehead atoms. The van der Waals surface area contributed by atoms with Gasteiger partial charge in [-0.15, -0.1) is 0 Å². The summed E-state index contributed by atoms with van der Waals surface area (Å²) in [5, 5.41) is 11.7. The van der Waals surface area contributed by atoms with Crippen molar-refractivity contribution in [3.63, 3.8) is 0 Å². The second kappa shape index (κ2) is 50.6. The summed E-state index contributed by atoms with van der Waals surface area (Å²) >= 11 is 0. The van der Waals surface area contributed by atoms with Gasteiger partial charge >= 0.3 is 11.9 Å². The van der Waals surface area contributed by atoms with Crippen molar-refractivity contribution in [3.05, 3.63) is 97.2 Å². The topological polar surface area (TPSA) is 102 Å². The average molecular weight is 962 g/mol. The first-order valence-electron chi connectivity index (χ1n) is 27.8. The highest BCUT2D eigenvalue weighted by Gasteiger charge is 2.25. The van der Waals surface area contributed by atoms with Gasteiger partial charge in [0.1, 0.15) is 12.6 Å². The van der Waals surface area contributed by atoms with Crippen LogP contribution in [0.4, 0.5) is 0 Å². The Morgan fingerprint density at radius 1 is 0.449 bits per heavy atom. The van der Waals surface area contributed by atoms with E-state index < -0.39 is 18.1 Å². The molecule has 8 nitrogen and oxygen atoms in total. The Hall–Kier alpha value is -3.75. The zero-order valence-corrected chi connectivity index (χ0v) is 44.9. The molecule has 0 aliphatic carbocycles. The molecule has 0 aromatic heterocycles. The van der Waals surface area contributed by atoms with Gasteiger partial charge in [-0.1, -0.05) is 207 Å². The lowest BCUT2D eigenvalue weighted by Crippen LogP contribution is -2.55. The van der Waals surface area contributed by atoms with Gasteiger partial charge in [0.05, 0.1) is 40.3 Å². The summed E-state index contributed by atoms with van der Waals surface area (Å²) in [6.07, 6.45) is 68.8. The molecular formula is C61H103NO7. The number of esters is 2. The zero-order chi connectivity index (χ0) is 50.6. The van der Waals surface area contributed by atoms with E-state index in [1.807, 2.05) is 0 Å². The molecule has 0 radical (unpaired) electrons. The Morgan fingerprint density at radius 3 is 1.26 bits per heavy atom. The molecule has 0 heterocycles. The van der Waals surface area contributed by atoms with E-state index >= 15 is 0 Å². The summed E-state index contributed by atoms with van der Waals surface area (Å²) in [6.45, 7) is 4.50. The molecule has 0 rings (SSSR count). The van der Waals surface area contributed by atoms with E-state index in [-0.39, 0.29) is 49.1 Å². The molecule has 69 heavy (non-hydrogen) atoms. The molecule has 0 N–H and O–H groups in total. The standard InChI is InChI=1S/C61H103NO7/c1-6-8-10-12-14-16-18-20-22-24-26-28-30-32-33-35-37-39-41-43-45-47-49-51-59(63)68-56-57(55-67-54-53-58(61(65)66)62(3,4)5)69-60(64)52-50-48-46-44-42-40-38-36-34-31-29-27-25-23-21-19-17-15-13-11-9-7-2/h8,10,14,16,20,22,26,28,31-34,37,39,43,45,57-58H,6-7,9,11-13,15,17-19,21,23-25,27,29-30,35-36,38,40-42,44,46-56H2,1-5H3/b10-8+,16-14+,22-20+,28-26+,33-32+,34-31+,39-37+,45-43+. The van der Waals surface area contributed by atoms with Crippen LogP contribution >= 0.6 is 0 Å². The van der Waals surface area contributed by atoms with Crippen molar-refractivity contribution in [1.82, 2.24) is 0 Å². The smallest absolute Gasteiger partial charge is 0.306 e. The molecule has 2 unspecified atom stereocenters. The Morgan fingerprint density at radius 2 is 0.826 bits per heavy atom. The predicted octanol–water partition coefficient (Wildman–Crippen LogP) is 15.3. The van der Waals surface area contributed by atoms with E-state index in [0.717, 1.165) is 70.6 Å². The number of hydrogen-bond acceptors (Lipinski definition) is 7. The van der Waals surface area contributed by atoms with Crippen LogP contribution in [0.2, 0.25) is 0 Å². The van der Waals surface area contributed by atoms with Crippen LogP contribution in [0.3, 0.4) is 0 Å². The van der Waals surface area contributed by atoms with Crippen LogP contribution < -0.4 is 5.11 Å². The third kappa shape index (κ3) is 49.0. The monoisotopic (exact) mass is 962 g/mol. The Bertz CT molecular complexity index is 1450. The number of carbonyl (C=O) groups is 3. The molecule has 8 heteroatoms. The van der Waals surface area contributed by atoms with E-state index in [0.29, 0.717) is 12.8 Å². The maximum Gasteiger partial charge on any atom is 0.306 e. The normalized spacial score (nSPS) is 13.6. The van der Waals surface area contributed by atoms with Crippen molar-refractivity contribution in [2.24, 2.45) is 0 Å². The summed E-state index contributed by atoms with van der Waals surface area (Å²) in [5.41, 5.74) is 0. The van der Waals surface area contributed by atoms with Crippen LogP contribution in [0.25, 0.3) is 0 Å². The van der Waals surface area contributed by atoms with Crippen LogP contribution in [0, 0.1) is 0 Å². The maximum absolute atomic E-state index is 12.8. The van der Waals surface area contributed by atoms with E-state index in [1.165, 1.54) is 109 Å². The molecule has 0 aliphatic heterocycles. The Kier molecular flexibility index (Phi) is 47.9. The number of carbonyl (C=O) groups excluding carboxylic acids is 3. The van der Waals surface area contributed by atoms with Crippen molar-refractivity contribution in [1.29, 1.82) is 0 Å². The number of nitrogens with zero attached hydrogens (tertiary/aromatic N) is 1. The second-order valence-corrected chi connectivity index (χ2v) is 19.4. The molecule has 0 spiro atoms. The number of aliphatic carboxylic acids is 1. The summed E-state index contributed by atoms with van der Waals surface area (Å²) < 4.78 is 17.2. The van der Waals surface area contributed by atoms with Crippen molar-refractivity contribution in [2.45, 2.75) is 231 Å². The molecule has 394 valence electrons. The van der Waals surface area contributed by atoms with Crippen molar-refractivity contribution in [3.8, 4) is 0 Å². The first-order valence-corrected chi connectivity index (χ1v) is 27.8. The van der Waals surface area contributed by atoms with Crippen LogP contribution in [-0.2, 0) is 28.6 Å². The van der Waals surface area contributed by atoms with Gasteiger partial charge in [-0.3, -0.25) is 9.59 Å². The fourth-order valence-electron chi connectivity index (χ4n) is 7.70. The van der Waals surface area contributed by atoms with Crippen molar-refractivity contribution in [2.75, 3.05) is 41.0 Å². The molecular weight excluding hydrogens is 859 g/mol. The molecule has 0 fully saturated rings. The Labute approximate surface area is 424 Å². The molecule has 0 saturated carbocycles. The summed E-state index contributed by atoms with van der Waals surface area (Å²) in [6, 6.07) is -0.741. The van der Waals surface area contributed by atoms with Gasteiger partial charge in [-0.05, 0) is 89.9 Å². The first kappa shape index (κ1) is 65.2. The molecule has 0 saturated heterocycles. The lowest BCUT2D eigenvalue weighted by Gasteiger charge is -2.34. The number of unbranched alkanes of at least 4 members (excludes halogenated alkanes) is 19. The molecule has 0 aromatic carbocycles. The number of carboxylic acids is 1. The van der Waals surface area contributed by atoms with Crippen LogP contribution in [0.1, 0.15) is 219 Å². The second-order valence-electron chi connectivity index (χ2n) is 19.4. The van der Waals surface area contributed by atoms with E-state index in [4.69, 9.17) is 14.2 Å². The van der Waals surface area contributed by atoms with E-state index in [2.05, 4.69) is 111 Å². The number of likely N-dealkylation sites (N-methyl/N-ethyl adjacent to an activating group) is 1. The molecule has 0 aliphatic rings. The minimum Gasteiger partial charge on any atom is -0.544 e. The van der Waals surface area contributed by atoms with Gasteiger partial charge in [0, 0.05) is 19.3 Å². The summed E-state index contributed by atoms with van der Waals surface area (Å²) in [5.74, 6) is -1.82.